The molecule has 3 aliphatic carbocycles. The molecule has 6 rings (SSSR count). The number of likely N-dealkylation sites (tertiary alicyclic amines) is 1. The highest BCUT2D eigenvalue weighted by Crippen LogP contribution is 2.73. The number of phenolic OH excluding ortho intramolecular Hbond substituents is 1. The summed E-state index contributed by atoms with van der Waals surface area (Å²) in [5, 5.41) is 23.3. The fourth-order valence-electron chi connectivity index (χ4n) is 9.09. The van der Waals surface area contributed by atoms with Gasteiger partial charge < -0.3 is 19.7 Å². The summed E-state index contributed by atoms with van der Waals surface area (Å²) in [5.41, 5.74) is 0.332. The van der Waals surface area contributed by atoms with Gasteiger partial charge in [0.15, 0.2) is 11.5 Å². The van der Waals surface area contributed by atoms with Gasteiger partial charge in [-0.25, -0.2) is 0 Å². The Morgan fingerprint density at radius 3 is 2.51 bits per heavy atom. The number of ether oxygens (including phenoxy) is 2. The number of phenols is 1. The Morgan fingerprint density at radius 2 is 1.91 bits per heavy atom. The van der Waals surface area contributed by atoms with Crippen molar-refractivity contribution >= 4 is 0 Å². The molecule has 194 valence electrons. The molecule has 1 spiro atoms. The number of hydrogen-bond acceptors (Lipinski definition) is 5. The summed E-state index contributed by atoms with van der Waals surface area (Å²) in [4.78, 5) is 2.78. The van der Waals surface area contributed by atoms with Gasteiger partial charge in [-0.05, 0) is 80.4 Å². The minimum atomic E-state index is -0.959. The van der Waals surface area contributed by atoms with Gasteiger partial charge in [0.05, 0.1) is 5.60 Å². The number of aromatic hydroxyl groups is 1. The normalized spacial score (nSPS) is 41.8. The zero-order valence-corrected chi connectivity index (χ0v) is 22.8. The van der Waals surface area contributed by atoms with E-state index in [2.05, 4.69) is 45.6 Å². The zero-order chi connectivity index (χ0) is 25.2. The molecular formula is C30H45NO4. The number of piperidine rings is 1. The van der Waals surface area contributed by atoms with Crippen LogP contribution in [0.4, 0.5) is 0 Å². The standard InChI is InChI=1S/C30H45NO4/c1-8-30(34-7)21(28(6,33)26(2,3)4)16-27(5)22-15-19-11-12-20(32)24-23(19)29(27,25(30)35-24)13-14-31(22)17-18-9-10-18/h11-12,18,21-22,25,32-33H,8-10,13-17H2,1-7H3/t21-,22-,25-,27-,28?,29+,30?/m1/s1. The van der Waals surface area contributed by atoms with Crippen molar-refractivity contribution in [1.82, 2.24) is 4.90 Å². The van der Waals surface area contributed by atoms with E-state index >= 15 is 0 Å². The molecule has 0 radical (unpaired) electrons. The van der Waals surface area contributed by atoms with Crippen LogP contribution < -0.4 is 4.74 Å². The predicted molar refractivity (Wildman–Crippen MR) is 137 cm³/mol. The summed E-state index contributed by atoms with van der Waals surface area (Å²) in [6.45, 7) is 15.4. The molecule has 1 aromatic carbocycles. The Kier molecular flexibility index (Phi) is 4.93. The predicted octanol–water partition coefficient (Wildman–Crippen LogP) is 5.05. The number of hydrogen-bond donors (Lipinski definition) is 2. The minimum absolute atomic E-state index is 0.0893. The Bertz CT molecular complexity index is 1040. The first-order valence-corrected chi connectivity index (χ1v) is 13.9. The first-order chi connectivity index (χ1) is 16.4. The van der Waals surface area contributed by atoms with Gasteiger partial charge in [0, 0.05) is 36.6 Å². The molecule has 2 N–H and O–H groups in total. The second-order valence-corrected chi connectivity index (χ2v) is 13.9. The fraction of sp³-hybridized carbons (Fsp3) is 0.800. The monoisotopic (exact) mass is 483 g/mol. The topological polar surface area (TPSA) is 62.2 Å². The zero-order valence-electron chi connectivity index (χ0n) is 22.8. The van der Waals surface area contributed by atoms with Crippen LogP contribution in [-0.4, -0.2) is 58.7 Å². The van der Waals surface area contributed by atoms with Gasteiger partial charge in [0.1, 0.15) is 11.7 Å². The highest BCUT2D eigenvalue weighted by Gasteiger charge is 2.78. The van der Waals surface area contributed by atoms with Crippen LogP contribution in [0.1, 0.15) is 84.8 Å². The average Bonchev–Trinajstić information content (AvgIpc) is 3.53. The number of methoxy groups -OCH3 is 1. The van der Waals surface area contributed by atoms with Crippen LogP contribution in [0.5, 0.6) is 11.5 Å². The smallest absolute Gasteiger partial charge is 0.165 e. The summed E-state index contributed by atoms with van der Waals surface area (Å²) in [6.07, 6.45) is 6.11. The third-order valence-corrected chi connectivity index (χ3v) is 11.7. The van der Waals surface area contributed by atoms with Crippen molar-refractivity contribution in [2.45, 2.75) is 109 Å². The van der Waals surface area contributed by atoms with Crippen molar-refractivity contribution in [3.8, 4) is 11.5 Å². The van der Waals surface area contributed by atoms with Crippen molar-refractivity contribution in [3.05, 3.63) is 23.3 Å². The van der Waals surface area contributed by atoms with E-state index in [4.69, 9.17) is 9.47 Å². The van der Waals surface area contributed by atoms with Crippen LogP contribution >= 0.6 is 0 Å². The van der Waals surface area contributed by atoms with E-state index in [1.807, 2.05) is 20.1 Å². The lowest BCUT2D eigenvalue weighted by Crippen LogP contribution is -2.79. The van der Waals surface area contributed by atoms with Gasteiger partial charge >= 0.3 is 0 Å². The maximum absolute atomic E-state index is 12.3. The summed E-state index contributed by atoms with van der Waals surface area (Å²) < 4.78 is 13.5. The van der Waals surface area contributed by atoms with Crippen LogP contribution in [0.3, 0.4) is 0 Å². The lowest BCUT2D eigenvalue weighted by atomic mass is 9.38. The van der Waals surface area contributed by atoms with Gasteiger partial charge in [-0.1, -0.05) is 40.7 Å². The Labute approximate surface area is 211 Å². The molecule has 1 aromatic rings. The third kappa shape index (κ3) is 2.76. The number of rotatable bonds is 5. The Balaban J connectivity index is 1.60. The Hall–Kier alpha value is -1.30. The second kappa shape index (κ2) is 7.17. The van der Waals surface area contributed by atoms with E-state index in [-0.39, 0.29) is 34.0 Å². The third-order valence-electron chi connectivity index (χ3n) is 11.7. The van der Waals surface area contributed by atoms with Gasteiger partial charge in [0.25, 0.3) is 0 Å². The van der Waals surface area contributed by atoms with E-state index in [0.717, 1.165) is 38.1 Å². The van der Waals surface area contributed by atoms with Crippen molar-refractivity contribution in [2.75, 3.05) is 20.2 Å². The van der Waals surface area contributed by atoms with Crippen molar-refractivity contribution in [2.24, 2.45) is 22.7 Å². The molecule has 2 heterocycles. The molecule has 2 bridgehead atoms. The van der Waals surface area contributed by atoms with E-state index in [0.29, 0.717) is 11.8 Å². The molecule has 5 aliphatic rings. The number of nitrogens with zero attached hydrogens (tertiary/aromatic N) is 1. The molecule has 5 heteroatoms. The van der Waals surface area contributed by atoms with E-state index < -0.39 is 11.2 Å². The molecule has 1 saturated heterocycles. The van der Waals surface area contributed by atoms with E-state index in [1.165, 1.54) is 30.5 Å². The molecule has 0 amide bonds. The SMILES string of the molecule is CCC1(OC)[C@@H](C(C)(O)C(C)(C)C)C[C@]2(C)[C@H]3Cc4ccc(O)c5c4[C@@]2(CCN3CC2CC2)[C@H]1O5. The van der Waals surface area contributed by atoms with Gasteiger partial charge in [-0.2, -0.15) is 0 Å². The molecule has 2 unspecified atom stereocenters. The van der Waals surface area contributed by atoms with Crippen molar-refractivity contribution < 1.29 is 19.7 Å². The van der Waals surface area contributed by atoms with Gasteiger partial charge in [-0.3, -0.25) is 4.90 Å². The maximum atomic E-state index is 12.3. The van der Waals surface area contributed by atoms with Crippen LogP contribution in [0, 0.1) is 22.7 Å². The molecule has 7 atom stereocenters. The van der Waals surface area contributed by atoms with Crippen LogP contribution in [0.2, 0.25) is 0 Å². The molecule has 35 heavy (non-hydrogen) atoms. The van der Waals surface area contributed by atoms with Crippen LogP contribution in [-0.2, 0) is 16.6 Å². The van der Waals surface area contributed by atoms with E-state index in [9.17, 15) is 10.2 Å². The van der Waals surface area contributed by atoms with Gasteiger partial charge in [-0.15, -0.1) is 0 Å². The van der Waals surface area contributed by atoms with Gasteiger partial charge in [0.2, 0.25) is 0 Å². The second-order valence-electron chi connectivity index (χ2n) is 13.9. The average molecular weight is 484 g/mol. The molecular weight excluding hydrogens is 438 g/mol. The largest absolute Gasteiger partial charge is 0.504 e. The molecule has 5 nitrogen and oxygen atoms in total. The quantitative estimate of drug-likeness (QED) is 0.614. The molecule has 2 aliphatic heterocycles. The Morgan fingerprint density at radius 1 is 1.20 bits per heavy atom. The molecule has 3 fully saturated rings. The molecule has 2 saturated carbocycles. The summed E-state index contributed by atoms with van der Waals surface area (Å²) in [6, 6.07) is 4.37. The summed E-state index contributed by atoms with van der Waals surface area (Å²) in [5.74, 6) is 1.66. The highest BCUT2D eigenvalue weighted by atomic mass is 16.6. The number of aliphatic hydroxyl groups is 1. The van der Waals surface area contributed by atoms with Crippen LogP contribution in [0.15, 0.2) is 12.1 Å². The first-order valence-electron chi connectivity index (χ1n) is 13.9. The number of benzene rings is 1. The lowest BCUT2D eigenvalue weighted by molar-refractivity contribution is -0.277. The highest BCUT2D eigenvalue weighted by molar-refractivity contribution is 5.62. The lowest BCUT2D eigenvalue weighted by Gasteiger charge is -2.71. The van der Waals surface area contributed by atoms with E-state index in [1.54, 1.807) is 0 Å². The van der Waals surface area contributed by atoms with Crippen molar-refractivity contribution in [1.29, 1.82) is 0 Å². The summed E-state index contributed by atoms with van der Waals surface area (Å²) in [7, 11) is 1.81. The van der Waals surface area contributed by atoms with Crippen LogP contribution in [0.25, 0.3) is 0 Å². The fourth-order valence-corrected chi connectivity index (χ4v) is 9.09. The van der Waals surface area contributed by atoms with Crippen molar-refractivity contribution in [3.63, 3.8) is 0 Å². The maximum Gasteiger partial charge on any atom is 0.165 e. The first kappa shape index (κ1) is 24.1. The molecule has 0 aromatic heterocycles. The summed E-state index contributed by atoms with van der Waals surface area (Å²) >= 11 is 0. The minimum Gasteiger partial charge on any atom is -0.504 e.